The van der Waals surface area contributed by atoms with Crippen molar-refractivity contribution in [1.29, 1.82) is 0 Å². The van der Waals surface area contributed by atoms with Crippen molar-refractivity contribution in [3.8, 4) is 0 Å². The van der Waals surface area contributed by atoms with Gasteiger partial charge in [0.15, 0.2) is 12.6 Å². The van der Waals surface area contributed by atoms with Crippen LogP contribution in [0.2, 0.25) is 0 Å². The quantitative estimate of drug-likeness (QED) is 0.0306. The van der Waals surface area contributed by atoms with Gasteiger partial charge in [0.05, 0.1) is 25.9 Å². The number of hydrogen-bond acceptors (Lipinski definition) is 19. The molecule has 0 aromatic rings. The molecule has 23 heteroatoms. The summed E-state index contributed by atoms with van der Waals surface area (Å²) < 4.78 is 33.5. The predicted molar refractivity (Wildman–Crippen MR) is 152 cm³/mol. The van der Waals surface area contributed by atoms with Crippen molar-refractivity contribution < 1.29 is 94.2 Å². The Kier molecular flexibility index (Phi) is 15.2. The van der Waals surface area contributed by atoms with Gasteiger partial charge in [-0.1, -0.05) is 5.11 Å². The number of aliphatic carboxylic acids is 1. The van der Waals surface area contributed by atoms with Crippen molar-refractivity contribution in [2.75, 3.05) is 33.0 Å². The van der Waals surface area contributed by atoms with Crippen LogP contribution >= 0.6 is 0 Å². The highest BCUT2D eigenvalue weighted by atomic mass is 16.8. The largest absolute Gasteiger partial charge is 0.477 e. The maximum atomic E-state index is 12.6. The Morgan fingerprint density at radius 1 is 0.980 bits per heavy atom. The first-order valence-corrected chi connectivity index (χ1v) is 15.2. The number of carboxylic acid groups (broad SMARTS) is 1. The lowest BCUT2D eigenvalue weighted by atomic mass is 9.90. The van der Waals surface area contributed by atoms with E-state index in [4.69, 9.17) is 34.0 Å². The first-order chi connectivity index (χ1) is 23.2. The molecule has 0 unspecified atom stereocenters. The van der Waals surface area contributed by atoms with Crippen LogP contribution in [-0.2, 0) is 38.0 Å². The number of aliphatic hydroxyl groups excluding tert-OH is 10. The number of azide groups is 1. The van der Waals surface area contributed by atoms with Gasteiger partial charge < -0.3 is 89.9 Å². The van der Waals surface area contributed by atoms with Gasteiger partial charge in [-0.05, 0) is 12.0 Å². The SMILES string of the molecule is CC(=O)N[C@H]1[C@@H](OCCCN=[N+]=[N-])O[C@H](CO)[C@H](O)[C@@H]1O[C@@H]1O[C@H](CO)[C@H](O)[C@H](O[C@]2(C(=O)O)C[C@H](O)[C@@H](O)[C@H]([C@H](O)[C@H](O)CO)O2)[C@H]1O. The average molecular weight is 717 g/mol. The van der Waals surface area contributed by atoms with Gasteiger partial charge in [0.25, 0.3) is 5.79 Å². The van der Waals surface area contributed by atoms with Crippen LogP contribution in [0.15, 0.2) is 5.11 Å². The molecule has 1 amide bonds. The van der Waals surface area contributed by atoms with Crippen molar-refractivity contribution in [3.05, 3.63) is 10.4 Å². The van der Waals surface area contributed by atoms with Crippen LogP contribution in [0.1, 0.15) is 19.8 Å². The zero-order valence-corrected chi connectivity index (χ0v) is 26.1. The number of carboxylic acids is 1. The molecule has 0 radical (unpaired) electrons. The monoisotopic (exact) mass is 716 g/mol. The third kappa shape index (κ3) is 9.49. The summed E-state index contributed by atoms with van der Waals surface area (Å²) in [7, 11) is 0. The molecule has 3 fully saturated rings. The van der Waals surface area contributed by atoms with Gasteiger partial charge in [-0.25, -0.2) is 4.79 Å². The van der Waals surface area contributed by atoms with Gasteiger partial charge in [0.2, 0.25) is 5.91 Å². The minimum absolute atomic E-state index is 0.0354. The second kappa shape index (κ2) is 18.2. The number of carbonyl (C=O) groups is 2. The molecule has 0 spiro atoms. The van der Waals surface area contributed by atoms with Gasteiger partial charge in [-0.3, -0.25) is 4.79 Å². The van der Waals surface area contributed by atoms with E-state index in [1.54, 1.807) is 0 Å². The van der Waals surface area contributed by atoms with E-state index < -0.39 is 136 Å². The van der Waals surface area contributed by atoms with E-state index in [9.17, 15) is 65.8 Å². The number of rotatable bonds is 16. The fraction of sp³-hybridized carbons (Fsp3) is 0.923. The van der Waals surface area contributed by atoms with Crippen LogP contribution in [0, 0.1) is 0 Å². The maximum Gasteiger partial charge on any atom is 0.364 e. The summed E-state index contributed by atoms with van der Waals surface area (Å²) in [6, 6.07) is -1.38. The molecule has 282 valence electrons. The van der Waals surface area contributed by atoms with E-state index in [1.807, 2.05) is 0 Å². The van der Waals surface area contributed by atoms with E-state index >= 15 is 0 Å². The first kappa shape index (κ1) is 41.0. The van der Waals surface area contributed by atoms with Crippen molar-refractivity contribution >= 4 is 11.9 Å². The van der Waals surface area contributed by atoms with Gasteiger partial charge >= 0.3 is 5.97 Å². The van der Waals surface area contributed by atoms with Crippen LogP contribution < -0.4 is 5.32 Å². The highest BCUT2D eigenvalue weighted by Gasteiger charge is 2.60. The predicted octanol–water partition coefficient (Wildman–Crippen LogP) is -6.50. The summed E-state index contributed by atoms with van der Waals surface area (Å²) in [5, 5.41) is 120. The number of amides is 1. The van der Waals surface area contributed by atoms with Crippen LogP contribution in [0.5, 0.6) is 0 Å². The number of carbonyl (C=O) groups excluding carboxylic acids is 1. The Morgan fingerprint density at radius 3 is 2.14 bits per heavy atom. The lowest BCUT2D eigenvalue weighted by Crippen LogP contribution is -2.70. The Balaban J connectivity index is 1.94. The molecule has 0 aliphatic carbocycles. The summed E-state index contributed by atoms with van der Waals surface area (Å²) >= 11 is 0. The van der Waals surface area contributed by atoms with Crippen molar-refractivity contribution in [1.82, 2.24) is 5.32 Å². The summed E-state index contributed by atoms with van der Waals surface area (Å²) in [4.78, 5) is 27.3. The number of nitrogens with zero attached hydrogens (tertiary/aromatic N) is 3. The van der Waals surface area contributed by atoms with Crippen LogP contribution in [0.3, 0.4) is 0 Å². The molecule has 3 heterocycles. The molecule has 3 rings (SSSR count). The molecule has 3 saturated heterocycles. The molecule has 0 aromatic heterocycles. The third-order valence-corrected chi connectivity index (χ3v) is 8.19. The lowest BCUT2D eigenvalue weighted by molar-refractivity contribution is -0.386. The van der Waals surface area contributed by atoms with Crippen LogP contribution in [-0.4, -0.2) is 199 Å². The highest BCUT2D eigenvalue weighted by Crippen LogP contribution is 2.38. The highest BCUT2D eigenvalue weighted by molar-refractivity contribution is 5.76. The molecule has 3 aliphatic rings. The fourth-order valence-corrected chi connectivity index (χ4v) is 5.63. The second-order valence-corrected chi connectivity index (χ2v) is 11.7. The smallest absolute Gasteiger partial charge is 0.364 e. The van der Waals surface area contributed by atoms with E-state index in [2.05, 4.69) is 15.3 Å². The Hall–Kier alpha value is -2.39. The summed E-state index contributed by atoms with van der Waals surface area (Å²) in [5.41, 5.74) is 8.47. The van der Waals surface area contributed by atoms with E-state index in [-0.39, 0.29) is 19.6 Å². The molecular formula is C26H44N4O19. The van der Waals surface area contributed by atoms with Crippen molar-refractivity contribution in [2.45, 2.75) is 117 Å². The first-order valence-electron chi connectivity index (χ1n) is 15.2. The zero-order chi connectivity index (χ0) is 36.6. The standard InChI is InChI=1S/C26H44N4O19/c1-9(34)29-14-20(17(39)12(7-32)45-23(14)44-4-2-3-28-30-27)47-24-19(41)22(18(40)13(8-33)46-24)49-26(25(42)43)5-10(35)15(37)21(48-26)16(38)11(36)6-31/h10-24,31-33,35-41H,2-8H2,1H3,(H,29,34)(H,42,43)/t10-,11+,12+,13+,14+,15+,16+,17-,18-,19+,20+,21+,22-,23-,24-,26-/m0/s1. The maximum absolute atomic E-state index is 12.6. The number of aliphatic hydroxyl groups is 10. The topological polar surface area (TPSA) is 373 Å². The second-order valence-electron chi connectivity index (χ2n) is 11.7. The Morgan fingerprint density at radius 2 is 1.59 bits per heavy atom. The van der Waals surface area contributed by atoms with Crippen molar-refractivity contribution in [3.63, 3.8) is 0 Å². The zero-order valence-electron chi connectivity index (χ0n) is 26.1. The van der Waals surface area contributed by atoms with E-state index in [0.717, 1.165) is 6.92 Å². The fourth-order valence-electron chi connectivity index (χ4n) is 5.63. The average Bonchev–Trinajstić information content (AvgIpc) is 3.06. The molecule has 49 heavy (non-hydrogen) atoms. The Labute approximate surface area is 277 Å². The Bertz CT molecular complexity index is 1140. The van der Waals surface area contributed by atoms with Crippen molar-refractivity contribution in [2.24, 2.45) is 5.11 Å². The number of nitrogens with one attached hydrogen (secondary N) is 1. The third-order valence-electron chi connectivity index (χ3n) is 8.19. The normalized spacial score (nSPS) is 40.9. The summed E-state index contributed by atoms with van der Waals surface area (Å²) in [6.07, 6.45) is -27.4. The minimum Gasteiger partial charge on any atom is -0.477 e. The summed E-state index contributed by atoms with van der Waals surface area (Å²) in [5.74, 6) is -5.72. The van der Waals surface area contributed by atoms with Crippen LogP contribution in [0.4, 0.5) is 0 Å². The molecule has 0 bridgehead atoms. The van der Waals surface area contributed by atoms with E-state index in [1.165, 1.54) is 0 Å². The van der Waals surface area contributed by atoms with E-state index in [0.29, 0.717) is 0 Å². The molecule has 0 aromatic carbocycles. The molecular weight excluding hydrogens is 672 g/mol. The van der Waals surface area contributed by atoms with Gasteiger partial charge in [0, 0.05) is 31.4 Å². The molecule has 12 N–H and O–H groups in total. The minimum atomic E-state index is -3.05. The molecule has 16 atom stereocenters. The molecule has 0 saturated carbocycles. The number of hydrogen-bond donors (Lipinski definition) is 12. The summed E-state index contributed by atoms with van der Waals surface area (Å²) in [6.45, 7) is -1.79. The molecule has 23 nitrogen and oxygen atoms in total. The lowest BCUT2D eigenvalue weighted by Gasteiger charge is -2.50. The molecule has 3 aliphatic heterocycles. The van der Waals surface area contributed by atoms with Gasteiger partial charge in [-0.15, -0.1) is 0 Å². The van der Waals surface area contributed by atoms with Gasteiger partial charge in [0.1, 0.15) is 73.2 Å². The number of ether oxygens (including phenoxy) is 6. The van der Waals surface area contributed by atoms with Gasteiger partial charge in [-0.2, -0.15) is 0 Å². The van der Waals surface area contributed by atoms with Crippen LogP contribution in [0.25, 0.3) is 10.4 Å².